The highest BCUT2D eigenvalue weighted by Gasteiger charge is 2.23. The zero-order valence-electron chi connectivity index (χ0n) is 10.1. The van der Waals surface area contributed by atoms with Crippen LogP contribution in [-0.2, 0) is 15.3 Å². The van der Waals surface area contributed by atoms with Crippen molar-refractivity contribution in [1.29, 1.82) is 0 Å². The highest BCUT2D eigenvalue weighted by Crippen LogP contribution is 2.20. The summed E-state index contributed by atoms with van der Waals surface area (Å²) in [7, 11) is -3.56. The van der Waals surface area contributed by atoms with Gasteiger partial charge in [-0.25, -0.2) is 23.2 Å². The van der Waals surface area contributed by atoms with E-state index < -0.39 is 21.2 Å². The summed E-state index contributed by atoms with van der Waals surface area (Å²) in [5.41, 5.74) is -0.837. The van der Waals surface area contributed by atoms with Crippen molar-refractivity contribution in [3.8, 4) is 0 Å². The molecule has 1 rings (SSSR count). The lowest BCUT2D eigenvalue weighted by molar-refractivity contribution is 0.0689. The van der Waals surface area contributed by atoms with Crippen LogP contribution < -0.4 is 0 Å². The van der Waals surface area contributed by atoms with Crippen molar-refractivity contribution < 1.29 is 18.3 Å². The van der Waals surface area contributed by atoms with Gasteiger partial charge in [-0.1, -0.05) is 20.8 Å². The molecule has 0 saturated carbocycles. The van der Waals surface area contributed by atoms with E-state index in [-0.39, 0.29) is 16.5 Å². The molecular weight excluding hydrogens is 244 g/mol. The van der Waals surface area contributed by atoms with Crippen LogP contribution >= 0.6 is 0 Å². The molecule has 17 heavy (non-hydrogen) atoms. The van der Waals surface area contributed by atoms with Crippen molar-refractivity contribution in [1.82, 2.24) is 9.97 Å². The molecule has 6 nitrogen and oxygen atoms in total. The summed E-state index contributed by atoms with van der Waals surface area (Å²) in [6.45, 7) is 5.33. The van der Waals surface area contributed by atoms with Crippen LogP contribution in [0.5, 0.6) is 0 Å². The molecule has 0 aliphatic rings. The van der Waals surface area contributed by atoms with E-state index in [2.05, 4.69) is 9.97 Å². The largest absolute Gasteiger partial charge is 0.477 e. The molecule has 0 radical (unpaired) electrons. The van der Waals surface area contributed by atoms with Crippen LogP contribution in [0.2, 0.25) is 0 Å². The fraction of sp³-hybridized carbons (Fsp3) is 0.500. The number of sulfone groups is 1. The normalized spacial score (nSPS) is 12.5. The van der Waals surface area contributed by atoms with Gasteiger partial charge in [0.15, 0.2) is 20.6 Å². The summed E-state index contributed by atoms with van der Waals surface area (Å²) in [5.74, 6) is -1.08. The van der Waals surface area contributed by atoms with Gasteiger partial charge in [-0.2, -0.15) is 0 Å². The maximum atomic E-state index is 11.4. The lowest BCUT2D eigenvalue weighted by Crippen LogP contribution is -2.20. The average Bonchev–Trinajstić information content (AvgIpc) is 2.14. The molecule has 0 bridgehead atoms. The Hall–Kier alpha value is -1.50. The summed E-state index contributed by atoms with van der Waals surface area (Å²) in [5, 5.41) is 8.61. The number of rotatable bonds is 2. The van der Waals surface area contributed by atoms with Crippen molar-refractivity contribution in [2.75, 3.05) is 6.26 Å². The lowest BCUT2D eigenvalue weighted by atomic mass is 9.96. The molecule has 1 heterocycles. The first-order valence-electron chi connectivity index (χ1n) is 4.85. The van der Waals surface area contributed by atoms with Crippen LogP contribution in [-0.4, -0.2) is 35.7 Å². The molecule has 0 aliphatic heterocycles. The van der Waals surface area contributed by atoms with Crippen molar-refractivity contribution in [3.63, 3.8) is 0 Å². The summed E-state index contributed by atoms with van der Waals surface area (Å²) in [4.78, 5) is 18.6. The minimum Gasteiger partial charge on any atom is -0.477 e. The second-order valence-electron chi connectivity index (χ2n) is 4.74. The number of hydrogen-bond acceptors (Lipinski definition) is 5. The van der Waals surface area contributed by atoms with Crippen LogP contribution in [0.1, 0.15) is 37.1 Å². The van der Waals surface area contributed by atoms with E-state index in [1.165, 1.54) is 0 Å². The number of aromatic nitrogens is 2. The van der Waals surface area contributed by atoms with E-state index in [1.54, 1.807) is 20.8 Å². The first kappa shape index (κ1) is 13.6. The molecule has 0 atom stereocenters. The average molecular weight is 258 g/mol. The Morgan fingerprint density at radius 2 is 1.82 bits per heavy atom. The summed E-state index contributed by atoms with van der Waals surface area (Å²) in [6, 6.07) is 0.965. The van der Waals surface area contributed by atoms with Gasteiger partial charge < -0.3 is 5.11 Å². The molecule has 0 unspecified atom stereocenters. The highest BCUT2D eigenvalue weighted by atomic mass is 32.2. The molecule has 1 aromatic heterocycles. The number of hydrogen-bond donors (Lipinski definition) is 1. The summed E-state index contributed by atoms with van der Waals surface area (Å²) in [6.07, 6.45) is 0.980. The predicted molar refractivity (Wildman–Crippen MR) is 60.8 cm³/mol. The smallest absolute Gasteiger partial charge is 0.354 e. The van der Waals surface area contributed by atoms with Gasteiger partial charge in [0.1, 0.15) is 5.82 Å². The van der Waals surface area contributed by atoms with E-state index >= 15 is 0 Å². The zero-order chi connectivity index (χ0) is 13.4. The van der Waals surface area contributed by atoms with Crippen LogP contribution in [0, 0.1) is 0 Å². The maximum absolute atomic E-state index is 11.4. The van der Waals surface area contributed by atoms with E-state index in [1.807, 2.05) is 0 Å². The molecule has 0 fully saturated rings. The monoisotopic (exact) mass is 258 g/mol. The summed E-state index contributed by atoms with van der Waals surface area (Å²) >= 11 is 0. The highest BCUT2D eigenvalue weighted by molar-refractivity contribution is 7.90. The molecule has 0 spiro atoms. The summed E-state index contributed by atoms with van der Waals surface area (Å²) < 4.78 is 22.8. The standard InChI is InChI=1S/C10H14N2O4S/c1-10(2,3)9-11-6(8(13)14)5-7(12-9)17(4,15)16/h5H,1-4H3,(H,13,14). The minimum absolute atomic E-state index is 0.192. The van der Waals surface area contributed by atoms with Gasteiger partial charge in [0, 0.05) is 17.7 Å². The molecule has 1 N–H and O–H groups in total. The van der Waals surface area contributed by atoms with Gasteiger partial charge in [-0.05, 0) is 0 Å². The van der Waals surface area contributed by atoms with E-state index in [4.69, 9.17) is 5.11 Å². The molecule has 0 saturated heterocycles. The van der Waals surface area contributed by atoms with Crippen LogP contribution in [0.15, 0.2) is 11.1 Å². The fourth-order valence-electron chi connectivity index (χ4n) is 1.06. The Kier molecular flexibility index (Phi) is 3.24. The Bertz CT molecular complexity index is 558. The Morgan fingerprint density at radius 1 is 1.29 bits per heavy atom. The fourth-order valence-corrected chi connectivity index (χ4v) is 1.64. The Balaban J connectivity index is 3.56. The van der Waals surface area contributed by atoms with E-state index in [0.29, 0.717) is 0 Å². The number of aromatic carboxylic acids is 1. The van der Waals surface area contributed by atoms with Gasteiger partial charge in [-0.3, -0.25) is 0 Å². The molecule has 0 aromatic carbocycles. The van der Waals surface area contributed by atoms with Crippen molar-refractivity contribution in [2.45, 2.75) is 31.2 Å². The van der Waals surface area contributed by atoms with E-state index in [0.717, 1.165) is 12.3 Å². The van der Waals surface area contributed by atoms with Crippen molar-refractivity contribution in [2.24, 2.45) is 0 Å². The van der Waals surface area contributed by atoms with Crippen LogP contribution in [0.4, 0.5) is 0 Å². The molecule has 1 aromatic rings. The molecule has 94 valence electrons. The Morgan fingerprint density at radius 3 is 2.18 bits per heavy atom. The third-order valence-electron chi connectivity index (χ3n) is 1.97. The second-order valence-corrected chi connectivity index (χ2v) is 6.70. The van der Waals surface area contributed by atoms with Gasteiger partial charge in [0.2, 0.25) is 0 Å². The third-order valence-corrected chi connectivity index (χ3v) is 2.94. The number of carboxylic acids is 1. The predicted octanol–water partition coefficient (Wildman–Crippen LogP) is 0.876. The number of nitrogens with zero attached hydrogens (tertiary/aromatic N) is 2. The first-order chi connectivity index (χ1) is 7.51. The van der Waals surface area contributed by atoms with Gasteiger partial charge in [-0.15, -0.1) is 0 Å². The van der Waals surface area contributed by atoms with Crippen molar-refractivity contribution in [3.05, 3.63) is 17.6 Å². The van der Waals surface area contributed by atoms with Crippen molar-refractivity contribution >= 4 is 15.8 Å². The number of carboxylic acid groups (broad SMARTS) is 1. The second kappa shape index (κ2) is 4.06. The van der Waals surface area contributed by atoms with E-state index in [9.17, 15) is 13.2 Å². The van der Waals surface area contributed by atoms with Crippen LogP contribution in [0.3, 0.4) is 0 Å². The topological polar surface area (TPSA) is 97.2 Å². The molecule has 7 heteroatoms. The third kappa shape index (κ3) is 3.23. The SMILES string of the molecule is CC(C)(C)c1nc(C(=O)O)cc(S(C)(=O)=O)n1. The molecule has 0 amide bonds. The maximum Gasteiger partial charge on any atom is 0.354 e. The van der Waals surface area contributed by atoms with Gasteiger partial charge >= 0.3 is 5.97 Å². The number of carbonyl (C=O) groups is 1. The van der Waals surface area contributed by atoms with Gasteiger partial charge in [0.05, 0.1) is 0 Å². The first-order valence-corrected chi connectivity index (χ1v) is 6.74. The Labute approximate surface area is 99.6 Å². The zero-order valence-corrected chi connectivity index (χ0v) is 10.9. The quantitative estimate of drug-likeness (QED) is 0.791. The van der Waals surface area contributed by atoms with Gasteiger partial charge in [0.25, 0.3) is 0 Å². The molecular formula is C10H14N2O4S. The lowest BCUT2D eigenvalue weighted by Gasteiger charge is -2.17. The van der Waals surface area contributed by atoms with Crippen LogP contribution in [0.25, 0.3) is 0 Å². The minimum atomic E-state index is -3.56. The molecule has 0 aliphatic carbocycles.